The van der Waals surface area contributed by atoms with Crippen LogP contribution < -0.4 is 22.3 Å². The zero-order valence-corrected chi connectivity index (χ0v) is 21.1. The van der Waals surface area contributed by atoms with Crippen LogP contribution in [0.4, 0.5) is 0 Å². The van der Waals surface area contributed by atoms with Gasteiger partial charge in [0.1, 0.15) is 5.76 Å². The number of piperidine rings is 1. The van der Waals surface area contributed by atoms with Crippen LogP contribution in [0, 0.1) is 5.92 Å². The van der Waals surface area contributed by atoms with Gasteiger partial charge in [0, 0.05) is 60.9 Å². The van der Waals surface area contributed by atoms with E-state index in [9.17, 15) is 24.3 Å². The van der Waals surface area contributed by atoms with Crippen molar-refractivity contribution in [3.8, 4) is 5.75 Å². The molecule has 6 rings (SSSR count). The van der Waals surface area contributed by atoms with Crippen molar-refractivity contribution in [3.05, 3.63) is 108 Å². The van der Waals surface area contributed by atoms with Gasteiger partial charge in [-0.3, -0.25) is 24.1 Å². The molecule has 2 aliphatic rings. The van der Waals surface area contributed by atoms with Crippen LogP contribution in [-0.4, -0.2) is 38.6 Å². The van der Waals surface area contributed by atoms with E-state index >= 15 is 0 Å². The van der Waals surface area contributed by atoms with Crippen molar-refractivity contribution >= 4 is 16.8 Å². The highest BCUT2D eigenvalue weighted by Crippen LogP contribution is 2.36. The number of nitrogens with two attached hydrogens (primary N) is 1. The maximum absolute atomic E-state index is 13.0. The first-order chi connectivity index (χ1) is 18.8. The van der Waals surface area contributed by atoms with E-state index in [1.54, 1.807) is 30.3 Å². The van der Waals surface area contributed by atoms with E-state index in [1.807, 2.05) is 22.8 Å². The van der Waals surface area contributed by atoms with E-state index in [0.717, 1.165) is 17.5 Å². The topological polar surface area (TPSA) is 152 Å². The highest BCUT2D eigenvalue weighted by Gasteiger charge is 2.35. The van der Waals surface area contributed by atoms with Gasteiger partial charge < -0.3 is 24.8 Å². The largest absolute Gasteiger partial charge is 0.502 e. The Morgan fingerprint density at radius 3 is 2.72 bits per heavy atom. The zero-order chi connectivity index (χ0) is 27.3. The summed E-state index contributed by atoms with van der Waals surface area (Å²) in [5.41, 5.74) is 6.19. The highest BCUT2D eigenvalue weighted by molar-refractivity contribution is 5.80. The normalized spacial score (nSPS) is 19.5. The first kappa shape index (κ1) is 24.9. The lowest BCUT2D eigenvalue weighted by Gasteiger charge is -2.42. The number of aromatic hydroxyl groups is 1. The number of hydrogen-bond acceptors (Lipinski definition) is 7. The molecule has 2 bridgehead atoms. The molecule has 3 atom stereocenters. The van der Waals surface area contributed by atoms with E-state index in [2.05, 4.69) is 9.88 Å². The molecule has 5 heterocycles. The van der Waals surface area contributed by atoms with Gasteiger partial charge in [-0.05, 0) is 35.9 Å². The number of nitrogens with zero attached hydrogens (tertiary/aromatic N) is 2. The summed E-state index contributed by atoms with van der Waals surface area (Å²) < 4.78 is 7.93. The van der Waals surface area contributed by atoms with Gasteiger partial charge in [0.05, 0.1) is 12.5 Å². The molecule has 4 aromatic rings. The third-order valence-corrected chi connectivity index (χ3v) is 7.81. The van der Waals surface area contributed by atoms with E-state index in [0.29, 0.717) is 37.5 Å². The molecule has 39 heavy (non-hydrogen) atoms. The molecule has 10 heteroatoms. The average Bonchev–Trinajstić information content (AvgIpc) is 2.89. The molecule has 10 nitrogen and oxygen atoms in total. The van der Waals surface area contributed by atoms with Crippen molar-refractivity contribution in [2.75, 3.05) is 13.1 Å². The number of pyridine rings is 2. The molecular weight excluding hydrogens is 500 g/mol. The molecule has 0 spiro atoms. The van der Waals surface area contributed by atoms with Crippen LogP contribution in [0.15, 0.2) is 73.4 Å². The number of hydrogen-bond donors (Lipinski definition) is 3. The Balaban J connectivity index is 1.35. The summed E-state index contributed by atoms with van der Waals surface area (Å²) in [4.78, 5) is 55.2. The fourth-order valence-corrected chi connectivity index (χ4v) is 6.18. The van der Waals surface area contributed by atoms with Gasteiger partial charge >= 0.3 is 0 Å². The monoisotopic (exact) mass is 528 g/mol. The van der Waals surface area contributed by atoms with Crippen molar-refractivity contribution in [1.82, 2.24) is 14.5 Å². The molecule has 0 saturated carbocycles. The second kappa shape index (κ2) is 9.70. The molecule has 3 aromatic heterocycles. The summed E-state index contributed by atoms with van der Waals surface area (Å²) in [6.45, 7) is 2.32. The first-order valence-corrected chi connectivity index (χ1v) is 12.9. The number of amides is 1. The number of rotatable bonds is 6. The maximum Gasteiger partial charge on any atom is 0.252 e. The first-order valence-electron chi connectivity index (χ1n) is 12.9. The van der Waals surface area contributed by atoms with Gasteiger partial charge in [-0.15, -0.1) is 0 Å². The number of benzene rings is 1. The van der Waals surface area contributed by atoms with Crippen molar-refractivity contribution in [3.63, 3.8) is 0 Å². The third-order valence-electron chi connectivity index (χ3n) is 7.81. The number of carbonyl (C=O) groups excluding carboxylic acids is 1. The number of aromatic amines is 1. The molecule has 4 N–H and O–H groups in total. The van der Waals surface area contributed by atoms with Gasteiger partial charge in [-0.25, -0.2) is 0 Å². The van der Waals surface area contributed by atoms with Crippen LogP contribution in [0.3, 0.4) is 0 Å². The second-order valence-corrected chi connectivity index (χ2v) is 10.5. The van der Waals surface area contributed by atoms with Crippen LogP contribution in [0.2, 0.25) is 0 Å². The molecule has 1 saturated heterocycles. The quantitative estimate of drug-likeness (QED) is 0.346. The predicted molar refractivity (Wildman–Crippen MR) is 144 cm³/mol. The molecule has 0 radical (unpaired) electrons. The maximum atomic E-state index is 13.0. The van der Waals surface area contributed by atoms with Gasteiger partial charge in [-0.1, -0.05) is 24.3 Å². The van der Waals surface area contributed by atoms with Crippen molar-refractivity contribution in [2.24, 2.45) is 11.7 Å². The minimum Gasteiger partial charge on any atom is -0.502 e. The van der Waals surface area contributed by atoms with Crippen molar-refractivity contribution in [1.29, 1.82) is 0 Å². The number of nitrogens with one attached hydrogen (secondary N) is 1. The highest BCUT2D eigenvalue weighted by atomic mass is 16.4. The van der Waals surface area contributed by atoms with E-state index in [4.69, 9.17) is 10.2 Å². The van der Waals surface area contributed by atoms with Crippen molar-refractivity contribution < 1.29 is 14.3 Å². The Morgan fingerprint density at radius 2 is 1.90 bits per heavy atom. The molecular formula is C29H28N4O6. The lowest BCUT2D eigenvalue weighted by atomic mass is 9.83. The summed E-state index contributed by atoms with van der Waals surface area (Å²) in [6, 6.07) is 15.4. The summed E-state index contributed by atoms with van der Waals surface area (Å²) in [6.07, 6.45) is 0.650. The molecule has 1 fully saturated rings. The molecule has 0 unspecified atom stereocenters. The number of fused-ring (bicyclic) bond motifs is 5. The third kappa shape index (κ3) is 4.67. The molecule has 1 aromatic carbocycles. The number of para-hydroxylation sites is 1. The lowest BCUT2D eigenvalue weighted by molar-refractivity contribution is -0.118. The standard InChI is InChI=1S/C29H28N4O6/c30-25(35)11-20(21-9-17-4-1-2-5-22(17)31-29(21)38)28-27(37)24(34)10-19(39-28)15-32-12-16-8-18(14-32)23-6-3-7-26(36)33(23)13-16/h1-7,9-10,16,18,20,37H,8,11-15H2,(H2,30,35)(H,31,38)/t16-,18+,20-/m1/s1. The number of H-pyrrole nitrogens is 1. The smallest absolute Gasteiger partial charge is 0.252 e. The van der Waals surface area contributed by atoms with Crippen LogP contribution >= 0.6 is 0 Å². The van der Waals surface area contributed by atoms with Crippen LogP contribution in [0.25, 0.3) is 10.9 Å². The summed E-state index contributed by atoms with van der Waals surface area (Å²) >= 11 is 0. The van der Waals surface area contributed by atoms with E-state index < -0.39 is 28.6 Å². The number of primary amides is 1. The predicted octanol–water partition coefficient (Wildman–Crippen LogP) is 1.98. The number of likely N-dealkylation sites (tertiary alicyclic amines) is 1. The summed E-state index contributed by atoms with van der Waals surface area (Å²) in [7, 11) is 0. The zero-order valence-electron chi connectivity index (χ0n) is 21.1. The summed E-state index contributed by atoms with van der Waals surface area (Å²) in [5, 5.41) is 11.4. The Morgan fingerprint density at radius 1 is 1.08 bits per heavy atom. The Hall–Kier alpha value is -4.44. The second-order valence-electron chi connectivity index (χ2n) is 10.5. The Labute approximate surface area is 222 Å². The van der Waals surface area contributed by atoms with Gasteiger partial charge in [0.25, 0.3) is 11.1 Å². The minimum atomic E-state index is -1.05. The lowest BCUT2D eigenvalue weighted by Crippen LogP contribution is -2.46. The Kier molecular flexibility index (Phi) is 6.19. The van der Waals surface area contributed by atoms with Crippen molar-refractivity contribution in [2.45, 2.75) is 37.8 Å². The fraction of sp³-hybridized carbons (Fsp3) is 0.310. The van der Waals surface area contributed by atoms with Gasteiger partial charge in [0.2, 0.25) is 17.1 Å². The summed E-state index contributed by atoms with van der Waals surface area (Å²) in [5.74, 6) is -1.81. The van der Waals surface area contributed by atoms with Gasteiger partial charge in [-0.2, -0.15) is 0 Å². The molecule has 1 amide bonds. The number of carbonyl (C=O) groups is 1. The van der Waals surface area contributed by atoms with Crippen LogP contribution in [0.1, 0.15) is 47.5 Å². The van der Waals surface area contributed by atoms with E-state index in [1.165, 1.54) is 6.07 Å². The van der Waals surface area contributed by atoms with Crippen LogP contribution in [0.5, 0.6) is 5.75 Å². The van der Waals surface area contributed by atoms with E-state index in [-0.39, 0.29) is 35.1 Å². The fourth-order valence-electron chi connectivity index (χ4n) is 6.18. The van der Waals surface area contributed by atoms with Gasteiger partial charge in [0.15, 0.2) is 5.76 Å². The SMILES string of the molecule is NC(=O)C[C@@H](c1oc(CN2C[C@H]3C[C@@H](C2)c2cccc(=O)n2C3)cc(=O)c1O)c1cc2ccccc2[nH]c1=O. The minimum absolute atomic E-state index is 0.00833. The molecule has 200 valence electrons. The molecule has 2 aliphatic heterocycles. The molecule has 0 aliphatic carbocycles. The number of aromatic nitrogens is 2. The van der Waals surface area contributed by atoms with Crippen LogP contribution in [-0.2, 0) is 17.9 Å². The average molecular weight is 529 g/mol. The Bertz CT molecular complexity index is 1770.